The van der Waals surface area contributed by atoms with Gasteiger partial charge in [-0.25, -0.2) is 18.1 Å². The number of nitrogens with one attached hydrogen (secondary N) is 1. The lowest BCUT2D eigenvalue weighted by molar-refractivity contribution is -0.385. The standard InChI is InChI=1S/C17H19N5O5S/c1-18-28(26,27)15-5-2-13(3-6-15)17(23)21-10-8-20(9-11-21)16-7-4-14(12-19-16)22(24)25/h2-7,12,18H,8-11H2,1H3. The molecule has 10 nitrogen and oxygen atoms in total. The van der Waals surface area contributed by atoms with Gasteiger partial charge in [-0.2, -0.15) is 0 Å². The Balaban J connectivity index is 1.63. The Labute approximate surface area is 162 Å². The fourth-order valence-corrected chi connectivity index (χ4v) is 3.62. The Bertz CT molecular complexity index is 968. The summed E-state index contributed by atoms with van der Waals surface area (Å²) in [4.78, 5) is 30.7. The summed E-state index contributed by atoms with van der Waals surface area (Å²) in [7, 11) is -2.22. The van der Waals surface area contributed by atoms with Crippen LogP contribution in [-0.2, 0) is 10.0 Å². The van der Waals surface area contributed by atoms with Crippen molar-refractivity contribution in [3.63, 3.8) is 0 Å². The minimum Gasteiger partial charge on any atom is -0.353 e. The van der Waals surface area contributed by atoms with E-state index in [1.54, 1.807) is 11.0 Å². The first-order valence-corrected chi connectivity index (χ1v) is 9.98. The van der Waals surface area contributed by atoms with Crippen molar-refractivity contribution in [2.75, 3.05) is 38.1 Å². The lowest BCUT2D eigenvalue weighted by atomic mass is 10.2. The highest BCUT2D eigenvalue weighted by molar-refractivity contribution is 7.89. The van der Waals surface area contributed by atoms with Gasteiger partial charge in [0.25, 0.3) is 11.6 Å². The number of aromatic nitrogens is 1. The van der Waals surface area contributed by atoms with E-state index in [4.69, 9.17) is 0 Å². The molecule has 0 saturated carbocycles. The molecule has 3 rings (SSSR count). The van der Waals surface area contributed by atoms with Gasteiger partial charge in [0.05, 0.1) is 9.82 Å². The molecule has 0 radical (unpaired) electrons. The number of hydrogen-bond acceptors (Lipinski definition) is 7. The molecule has 148 valence electrons. The van der Waals surface area contributed by atoms with E-state index in [0.717, 1.165) is 0 Å². The van der Waals surface area contributed by atoms with Crippen molar-refractivity contribution < 1.29 is 18.1 Å². The van der Waals surface area contributed by atoms with E-state index in [9.17, 15) is 23.3 Å². The van der Waals surface area contributed by atoms with E-state index in [1.165, 1.54) is 43.6 Å². The van der Waals surface area contributed by atoms with Crippen LogP contribution >= 0.6 is 0 Å². The monoisotopic (exact) mass is 405 g/mol. The number of nitro groups is 1. The quantitative estimate of drug-likeness (QED) is 0.577. The van der Waals surface area contributed by atoms with Gasteiger partial charge in [0, 0.05) is 37.8 Å². The molecule has 1 aromatic heterocycles. The van der Waals surface area contributed by atoms with Crippen LogP contribution in [0, 0.1) is 10.1 Å². The van der Waals surface area contributed by atoms with Gasteiger partial charge >= 0.3 is 0 Å². The third kappa shape index (κ3) is 4.10. The lowest BCUT2D eigenvalue weighted by Crippen LogP contribution is -2.49. The number of sulfonamides is 1. The average Bonchev–Trinajstić information content (AvgIpc) is 2.73. The van der Waals surface area contributed by atoms with Gasteiger partial charge < -0.3 is 9.80 Å². The van der Waals surface area contributed by atoms with Crippen LogP contribution in [0.5, 0.6) is 0 Å². The van der Waals surface area contributed by atoms with Crippen molar-refractivity contribution in [3.8, 4) is 0 Å². The SMILES string of the molecule is CNS(=O)(=O)c1ccc(C(=O)N2CCN(c3ccc([N+](=O)[O-])cn3)CC2)cc1. The highest BCUT2D eigenvalue weighted by atomic mass is 32.2. The second kappa shape index (κ2) is 7.90. The van der Waals surface area contributed by atoms with Crippen LogP contribution in [-0.4, -0.2) is 62.4 Å². The predicted octanol–water partition coefficient (Wildman–Crippen LogP) is 0.860. The highest BCUT2D eigenvalue weighted by Gasteiger charge is 2.23. The topological polar surface area (TPSA) is 126 Å². The molecule has 1 amide bonds. The second-order valence-corrected chi connectivity index (χ2v) is 8.03. The van der Waals surface area contributed by atoms with Crippen molar-refractivity contribution in [2.45, 2.75) is 4.90 Å². The van der Waals surface area contributed by atoms with Crippen molar-refractivity contribution in [3.05, 3.63) is 58.3 Å². The lowest BCUT2D eigenvalue weighted by Gasteiger charge is -2.35. The van der Waals surface area contributed by atoms with E-state index in [2.05, 4.69) is 9.71 Å². The Morgan fingerprint density at radius 1 is 1.11 bits per heavy atom. The zero-order valence-corrected chi connectivity index (χ0v) is 15.9. The normalized spacial score (nSPS) is 14.8. The van der Waals surface area contributed by atoms with Crippen molar-refractivity contribution in [2.24, 2.45) is 0 Å². The summed E-state index contributed by atoms with van der Waals surface area (Å²) in [6, 6.07) is 8.79. The number of benzene rings is 1. The number of carbonyl (C=O) groups is 1. The molecule has 1 N–H and O–H groups in total. The van der Waals surface area contributed by atoms with E-state index in [-0.39, 0.29) is 16.5 Å². The summed E-state index contributed by atoms with van der Waals surface area (Å²) in [6.07, 6.45) is 1.22. The van der Waals surface area contributed by atoms with Gasteiger partial charge in [0.15, 0.2) is 0 Å². The molecule has 1 fully saturated rings. The molecule has 11 heteroatoms. The second-order valence-electron chi connectivity index (χ2n) is 6.14. The van der Waals surface area contributed by atoms with Crippen molar-refractivity contribution in [1.29, 1.82) is 0 Å². The summed E-state index contributed by atoms with van der Waals surface area (Å²) in [6.45, 7) is 2.02. The van der Waals surface area contributed by atoms with Gasteiger partial charge in [-0.05, 0) is 37.4 Å². The molecule has 0 spiro atoms. The van der Waals surface area contributed by atoms with E-state index in [1.807, 2.05) is 4.90 Å². The van der Waals surface area contributed by atoms with E-state index >= 15 is 0 Å². The van der Waals surface area contributed by atoms with Crippen LogP contribution in [0.2, 0.25) is 0 Å². The molecule has 2 aromatic rings. The molecule has 0 bridgehead atoms. The number of amides is 1. The third-order valence-corrected chi connectivity index (χ3v) is 5.94. The molecule has 0 atom stereocenters. The first-order chi connectivity index (χ1) is 13.3. The first-order valence-electron chi connectivity index (χ1n) is 8.50. The van der Waals surface area contributed by atoms with Crippen LogP contribution < -0.4 is 9.62 Å². The molecule has 2 heterocycles. The summed E-state index contributed by atoms with van der Waals surface area (Å²) < 4.78 is 25.7. The molecule has 0 aliphatic carbocycles. The smallest absolute Gasteiger partial charge is 0.287 e. The van der Waals surface area contributed by atoms with E-state index < -0.39 is 14.9 Å². The average molecular weight is 405 g/mol. The minimum atomic E-state index is -3.54. The zero-order valence-electron chi connectivity index (χ0n) is 15.1. The Morgan fingerprint density at radius 3 is 2.25 bits per heavy atom. The van der Waals surface area contributed by atoms with Gasteiger partial charge in [0.1, 0.15) is 12.0 Å². The third-order valence-electron chi connectivity index (χ3n) is 4.51. The number of piperazine rings is 1. The number of hydrogen-bond donors (Lipinski definition) is 1. The molecule has 1 aromatic carbocycles. The minimum absolute atomic E-state index is 0.0682. The largest absolute Gasteiger partial charge is 0.353 e. The molecule has 1 saturated heterocycles. The van der Waals surface area contributed by atoms with Crippen LogP contribution in [0.1, 0.15) is 10.4 Å². The molecule has 0 unspecified atom stereocenters. The van der Waals surface area contributed by atoms with Crippen LogP contribution in [0.15, 0.2) is 47.5 Å². The molecule has 1 aliphatic rings. The zero-order chi connectivity index (χ0) is 20.3. The van der Waals surface area contributed by atoms with Crippen LogP contribution in [0.4, 0.5) is 11.5 Å². The van der Waals surface area contributed by atoms with Crippen molar-refractivity contribution in [1.82, 2.24) is 14.6 Å². The highest BCUT2D eigenvalue weighted by Crippen LogP contribution is 2.18. The van der Waals surface area contributed by atoms with Gasteiger partial charge in [-0.15, -0.1) is 0 Å². The maximum atomic E-state index is 12.6. The number of anilines is 1. The van der Waals surface area contributed by atoms with Gasteiger partial charge in [-0.1, -0.05) is 0 Å². The molecular formula is C17H19N5O5S. The van der Waals surface area contributed by atoms with Crippen molar-refractivity contribution >= 4 is 27.4 Å². The molecule has 1 aliphatic heterocycles. The Kier molecular flexibility index (Phi) is 5.56. The number of carbonyl (C=O) groups excluding carboxylic acids is 1. The summed E-state index contributed by atoms with van der Waals surface area (Å²) in [5.41, 5.74) is 0.346. The summed E-state index contributed by atoms with van der Waals surface area (Å²) >= 11 is 0. The Morgan fingerprint density at radius 2 is 1.75 bits per heavy atom. The maximum absolute atomic E-state index is 12.6. The number of nitrogens with zero attached hydrogens (tertiary/aromatic N) is 4. The summed E-state index contributed by atoms with van der Waals surface area (Å²) in [5, 5.41) is 10.7. The van der Waals surface area contributed by atoms with Crippen LogP contribution in [0.3, 0.4) is 0 Å². The fraction of sp³-hybridized carbons (Fsp3) is 0.294. The van der Waals surface area contributed by atoms with Gasteiger partial charge in [-0.3, -0.25) is 14.9 Å². The number of rotatable bonds is 5. The fourth-order valence-electron chi connectivity index (χ4n) is 2.89. The first kappa shape index (κ1) is 19.7. The predicted molar refractivity (Wildman–Crippen MR) is 102 cm³/mol. The Hall–Kier alpha value is -3.05. The van der Waals surface area contributed by atoms with Gasteiger partial charge in [0.2, 0.25) is 10.0 Å². The van der Waals surface area contributed by atoms with E-state index in [0.29, 0.717) is 37.6 Å². The molecule has 28 heavy (non-hydrogen) atoms. The molecular weight excluding hydrogens is 386 g/mol. The maximum Gasteiger partial charge on any atom is 0.287 e. The number of pyridine rings is 1. The summed E-state index contributed by atoms with van der Waals surface area (Å²) in [5.74, 6) is 0.448. The van der Waals surface area contributed by atoms with Crippen LogP contribution in [0.25, 0.3) is 0 Å².